The number of benzene rings is 1. The van der Waals surface area contributed by atoms with Crippen LogP contribution in [0.4, 0.5) is 5.95 Å². The molecule has 0 aliphatic heterocycles. The van der Waals surface area contributed by atoms with E-state index in [0.29, 0.717) is 5.56 Å². The van der Waals surface area contributed by atoms with Crippen LogP contribution in [-0.2, 0) is 0 Å². The molecule has 18 heavy (non-hydrogen) atoms. The third-order valence-corrected chi connectivity index (χ3v) is 2.84. The van der Waals surface area contributed by atoms with Crippen LogP contribution < -0.4 is 11.3 Å². The highest BCUT2D eigenvalue weighted by atomic mass is 79.9. The molecule has 2 rings (SSSR count). The highest BCUT2D eigenvalue weighted by molar-refractivity contribution is 9.10. The third kappa shape index (κ3) is 2.58. The number of nitrogens with zero attached hydrogens (tertiary/aromatic N) is 3. The molecule has 0 aliphatic rings. The van der Waals surface area contributed by atoms with Gasteiger partial charge in [0.1, 0.15) is 5.75 Å². The highest BCUT2D eigenvalue weighted by Gasteiger charge is 2.03. The molecular formula is C9H9BrN6OS. The van der Waals surface area contributed by atoms with Crippen LogP contribution in [0.3, 0.4) is 0 Å². The van der Waals surface area contributed by atoms with Crippen molar-refractivity contribution in [2.24, 2.45) is 10.9 Å². The molecule has 5 N–H and O–H groups in total. The van der Waals surface area contributed by atoms with Crippen LogP contribution in [0.2, 0.25) is 0 Å². The average molecular weight is 329 g/mol. The second-order valence-corrected chi connectivity index (χ2v) is 4.56. The van der Waals surface area contributed by atoms with Crippen molar-refractivity contribution in [2.75, 3.05) is 5.43 Å². The van der Waals surface area contributed by atoms with Crippen molar-refractivity contribution >= 4 is 40.3 Å². The number of phenols is 1. The second-order valence-electron chi connectivity index (χ2n) is 3.26. The lowest BCUT2D eigenvalue weighted by atomic mass is 10.2. The largest absolute Gasteiger partial charge is 0.507 e. The van der Waals surface area contributed by atoms with Crippen LogP contribution in [0.5, 0.6) is 5.75 Å². The summed E-state index contributed by atoms with van der Waals surface area (Å²) in [5, 5.41) is 20.1. The minimum Gasteiger partial charge on any atom is -0.507 e. The lowest BCUT2D eigenvalue weighted by molar-refractivity contribution is 0.474. The van der Waals surface area contributed by atoms with Gasteiger partial charge >= 0.3 is 0 Å². The minimum atomic E-state index is 0.110. The van der Waals surface area contributed by atoms with E-state index in [0.717, 1.165) is 4.47 Å². The molecule has 0 spiro atoms. The number of hydrazine groups is 1. The molecule has 0 aliphatic carbocycles. The van der Waals surface area contributed by atoms with Crippen molar-refractivity contribution in [3.05, 3.63) is 33.0 Å². The topological polar surface area (TPSA) is 104 Å². The van der Waals surface area contributed by atoms with E-state index in [1.54, 1.807) is 18.2 Å². The van der Waals surface area contributed by atoms with Crippen LogP contribution in [0.1, 0.15) is 5.56 Å². The summed E-state index contributed by atoms with van der Waals surface area (Å²) in [4.78, 5) is 0. The van der Waals surface area contributed by atoms with E-state index in [1.807, 2.05) is 0 Å². The van der Waals surface area contributed by atoms with Gasteiger partial charge in [0.15, 0.2) is 0 Å². The Morgan fingerprint density at radius 1 is 1.61 bits per heavy atom. The van der Waals surface area contributed by atoms with Crippen molar-refractivity contribution in [1.29, 1.82) is 0 Å². The predicted octanol–water partition coefficient (Wildman–Crippen LogP) is 1.58. The monoisotopic (exact) mass is 328 g/mol. The van der Waals surface area contributed by atoms with Gasteiger partial charge in [-0.05, 0) is 30.4 Å². The maximum atomic E-state index is 9.65. The Hall–Kier alpha value is -1.71. The number of hydrogen-bond acceptors (Lipinski definition) is 6. The van der Waals surface area contributed by atoms with Gasteiger partial charge in [0.2, 0.25) is 4.77 Å². The lowest BCUT2D eigenvalue weighted by Gasteiger charge is -2.00. The number of aromatic nitrogens is 3. The molecule has 0 radical (unpaired) electrons. The Morgan fingerprint density at radius 3 is 3.11 bits per heavy atom. The number of aromatic hydroxyl groups is 1. The summed E-state index contributed by atoms with van der Waals surface area (Å²) in [6, 6.07) is 5.00. The molecule has 0 fully saturated rings. The smallest absolute Gasteiger partial charge is 0.258 e. The summed E-state index contributed by atoms with van der Waals surface area (Å²) >= 11 is 8.28. The first-order valence-electron chi connectivity index (χ1n) is 4.78. The van der Waals surface area contributed by atoms with E-state index in [4.69, 9.17) is 18.1 Å². The molecule has 0 unspecified atom stereocenters. The van der Waals surface area contributed by atoms with E-state index in [9.17, 15) is 5.11 Å². The molecule has 0 atom stereocenters. The number of H-pyrrole nitrogens is 1. The second kappa shape index (κ2) is 5.29. The molecule has 2 aromatic rings. The number of nitrogens with one attached hydrogen (secondary N) is 2. The summed E-state index contributed by atoms with van der Waals surface area (Å²) < 4.78 is 2.42. The van der Waals surface area contributed by atoms with E-state index in [-0.39, 0.29) is 16.5 Å². The van der Waals surface area contributed by atoms with E-state index >= 15 is 0 Å². The molecule has 0 amide bonds. The molecule has 7 nitrogen and oxygen atoms in total. The van der Waals surface area contributed by atoms with Crippen LogP contribution in [0, 0.1) is 4.77 Å². The first kappa shape index (κ1) is 12.7. The number of rotatable bonds is 3. The Labute approximate surface area is 115 Å². The summed E-state index contributed by atoms with van der Waals surface area (Å²) in [6.07, 6.45) is 1.45. The molecular weight excluding hydrogens is 320 g/mol. The molecule has 0 saturated carbocycles. The SMILES string of the molecule is NNc1n[nH]c(=S)n1/N=C/c1cc(Br)ccc1O. The fraction of sp³-hybridized carbons (Fsp3) is 0. The molecule has 0 saturated heterocycles. The van der Waals surface area contributed by atoms with Gasteiger partial charge in [-0.1, -0.05) is 15.9 Å². The van der Waals surface area contributed by atoms with E-state index in [2.05, 4.69) is 36.7 Å². The maximum Gasteiger partial charge on any atom is 0.258 e. The Balaban J connectivity index is 2.38. The first-order chi connectivity index (χ1) is 8.61. The summed E-state index contributed by atoms with van der Waals surface area (Å²) in [6.45, 7) is 0. The number of anilines is 1. The van der Waals surface area contributed by atoms with Crippen LogP contribution in [0.15, 0.2) is 27.8 Å². The zero-order chi connectivity index (χ0) is 13.1. The van der Waals surface area contributed by atoms with Gasteiger partial charge in [-0.2, -0.15) is 9.78 Å². The predicted molar refractivity (Wildman–Crippen MR) is 74.0 cm³/mol. The van der Waals surface area contributed by atoms with Gasteiger partial charge in [0.25, 0.3) is 5.95 Å². The number of halogens is 1. The number of phenolic OH excluding ortho intramolecular Hbond substituents is 1. The summed E-state index contributed by atoms with van der Waals surface area (Å²) in [7, 11) is 0. The zero-order valence-electron chi connectivity index (χ0n) is 8.96. The van der Waals surface area contributed by atoms with E-state index in [1.165, 1.54) is 10.9 Å². The van der Waals surface area contributed by atoms with Crippen molar-refractivity contribution < 1.29 is 5.11 Å². The lowest BCUT2D eigenvalue weighted by Crippen LogP contribution is -2.11. The molecule has 94 valence electrons. The fourth-order valence-electron chi connectivity index (χ4n) is 1.24. The fourth-order valence-corrected chi connectivity index (χ4v) is 1.80. The standard InChI is InChI=1S/C9H9BrN6OS/c10-6-1-2-7(17)5(3-6)4-12-16-8(13-11)14-15-9(16)18/h1-4,17H,11H2,(H,13,14)(H,15,18)/b12-4+. The number of nitrogen functional groups attached to an aromatic ring is 1. The molecule has 9 heteroatoms. The summed E-state index contributed by atoms with van der Waals surface area (Å²) in [5.41, 5.74) is 2.88. The van der Waals surface area contributed by atoms with Crippen molar-refractivity contribution in [1.82, 2.24) is 14.9 Å². The average Bonchev–Trinajstić information content (AvgIpc) is 2.71. The van der Waals surface area contributed by atoms with Gasteiger partial charge in [-0.25, -0.2) is 10.9 Å². The first-order valence-corrected chi connectivity index (χ1v) is 5.99. The number of aromatic amines is 1. The number of nitrogens with two attached hydrogens (primary N) is 1. The van der Waals surface area contributed by atoms with Gasteiger partial charge in [0, 0.05) is 10.0 Å². The molecule has 1 aromatic heterocycles. The molecule has 1 heterocycles. The van der Waals surface area contributed by atoms with Crippen LogP contribution in [0.25, 0.3) is 0 Å². The number of hydrogen-bond donors (Lipinski definition) is 4. The van der Waals surface area contributed by atoms with Crippen LogP contribution >= 0.6 is 28.1 Å². The Kier molecular flexibility index (Phi) is 3.75. The van der Waals surface area contributed by atoms with Gasteiger partial charge in [0.05, 0.1) is 6.21 Å². The zero-order valence-corrected chi connectivity index (χ0v) is 11.4. The quantitative estimate of drug-likeness (QED) is 0.296. The van der Waals surface area contributed by atoms with E-state index < -0.39 is 0 Å². The minimum absolute atomic E-state index is 0.110. The highest BCUT2D eigenvalue weighted by Crippen LogP contribution is 2.20. The molecule has 1 aromatic carbocycles. The Bertz CT molecular complexity index is 649. The Morgan fingerprint density at radius 2 is 2.39 bits per heavy atom. The third-order valence-electron chi connectivity index (χ3n) is 2.08. The molecule has 0 bridgehead atoms. The van der Waals surface area contributed by atoms with Gasteiger partial charge in [-0.15, -0.1) is 5.10 Å². The van der Waals surface area contributed by atoms with Crippen molar-refractivity contribution in [2.45, 2.75) is 0 Å². The maximum absolute atomic E-state index is 9.65. The van der Waals surface area contributed by atoms with Crippen molar-refractivity contribution in [3.63, 3.8) is 0 Å². The van der Waals surface area contributed by atoms with Gasteiger partial charge < -0.3 is 5.11 Å². The summed E-state index contributed by atoms with van der Waals surface area (Å²) in [5.74, 6) is 5.64. The normalized spacial score (nSPS) is 11.0. The van der Waals surface area contributed by atoms with Gasteiger partial charge in [-0.3, -0.25) is 5.43 Å². The van der Waals surface area contributed by atoms with Crippen molar-refractivity contribution in [3.8, 4) is 5.75 Å². The van der Waals surface area contributed by atoms with Crippen LogP contribution in [-0.4, -0.2) is 26.2 Å².